The Labute approximate surface area is 175 Å². The van der Waals surface area contributed by atoms with Gasteiger partial charge in [-0.05, 0) is 43.0 Å². The van der Waals surface area contributed by atoms with E-state index in [4.69, 9.17) is 14.2 Å². The number of methoxy groups -OCH3 is 2. The van der Waals surface area contributed by atoms with Crippen molar-refractivity contribution < 1.29 is 38.8 Å². The quantitative estimate of drug-likeness (QED) is 0.430. The second kappa shape index (κ2) is 9.80. The molecule has 1 aromatic rings. The molecule has 9 nitrogen and oxygen atoms in total. The number of carbonyl (C=O) groups is 3. The van der Waals surface area contributed by atoms with E-state index in [1.807, 2.05) is 6.07 Å². The lowest BCUT2D eigenvalue weighted by atomic mass is 9.82. The Morgan fingerprint density at radius 2 is 1.70 bits per heavy atom. The highest BCUT2D eigenvalue weighted by Crippen LogP contribution is 2.41. The number of ether oxygens (including phenoxy) is 3. The normalized spacial score (nSPS) is 16.5. The number of carboxylic acids is 2. The van der Waals surface area contributed by atoms with E-state index in [2.05, 4.69) is 0 Å². The van der Waals surface area contributed by atoms with Crippen LogP contribution in [0, 0.1) is 5.41 Å². The molecule has 1 aliphatic heterocycles. The highest BCUT2D eigenvalue weighted by Gasteiger charge is 2.48. The molecule has 0 spiro atoms. The zero-order valence-corrected chi connectivity index (χ0v) is 17.8. The average Bonchev–Trinajstić information content (AvgIpc) is 2.71. The monoisotopic (exact) mass is 423 g/mol. The number of rotatable bonds is 10. The van der Waals surface area contributed by atoms with Gasteiger partial charge in [-0.3, -0.25) is 19.3 Å². The minimum atomic E-state index is -1.97. The van der Waals surface area contributed by atoms with Crippen LogP contribution in [-0.4, -0.2) is 66.9 Å². The number of benzene rings is 1. The van der Waals surface area contributed by atoms with E-state index in [0.29, 0.717) is 24.5 Å². The zero-order valence-electron chi connectivity index (χ0n) is 17.8. The fraction of sp³-hybridized carbons (Fsp3) is 0.571. The summed E-state index contributed by atoms with van der Waals surface area (Å²) in [5.41, 5.74) is -0.264. The Balaban J connectivity index is 2.52. The van der Waals surface area contributed by atoms with E-state index in [-0.39, 0.29) is 26.0 Å². The maximum atomic E-state index is 12.3. The topological polar surface area (TPSA) is 123 Å². The SMILES string of the molecule is CCOC(=O)CC1c2cc(OC)c(OC)cc2CCN1CC(CC)(C(=O)O)C(=O)O. The van der Waals surface area contributed by atoms with Crippen molar-refractivity contribution >= 4 is 17.9 Å². The predicted molar refractivity (Wildman–Crippen MR) is 107 cm³/mol. The first kappa shape index (κ1) is 23.5. The first-order valence-corrected chi connectivity index (χ1v) is 9.85. The van der Waals surface area contributed by atoms with Crippen LogP contribution in [-0.2, 0) is 25.5 Å². The van der Waals surface area contributed by atoms with Crippen LogP contribution in [0.5, 0.6) is 11.5 Å². The molecule has 0 fully saturated rings. The van der Waals surface area contributed by atoms with Crippen molar-refractivity contribution in [2.45, 2.75) is 39.2 Å². The number of carboxylic acid groups (broad SMARTS) is 2. The molecule has 9 heteroatoms. The zero-order chi connectivity index (χ0) is 22.5. The number of hydrogen-bond donors (Lipinski definition) is 2. The maximum Gasteiger partial charge on any atom is 0.322 e. The standard InChI is InChI=1S/C21H29NO8/c1-5-21(19(24)25,20(26)27)12-22-8-7-13-9-16(28-3)17(29-4)10-14(13)15(22)11-18(23)30-6-2/h9-10,15H,5-8,11-12H2,1-4H3,(H,24,25)(H,26,27). The van der Waals surface area contributed by atoms with E-state index in [9.17, 15) is 24.6 Å². The summed E-state index contributed by atoms with van der Waals surface area (Å²) in [7, 11) is 3.03. The summed E-state index contributed by atoms with van der Waals surface area (Å²) in [5, 5.41) is 19.4. The summed E-state index contributed by atoms with van der Waals surface area (Å²) in [6, 6.07) is 3.06. The molecule has 0 bridgehead atoms. The molecular weight excluding hydrogens is 394 g/mol. The third-order valence-corrected chi connectivity index (χ3v) is 5.67. The van der Waals surface area contributed by atoms with Crippen LogP contribution >= 0.6 is 0 Å². The van der Waals surface area contributed by atoms with Gasteiger partial charge in [-0.25, -0.2) is 0 Å². The number of aliphatic carboxylic acids is 2. The second-order valence-electron chi connectivity index (χ2n) is 7.20. The van der Waals surface area contributed by atoms with Crippen molar-refractivity contribution in [2.75, 3.05) is 33.9 Å². The van der Waals surface area contributed by atoms with Crippen molar-refractivity contribution in [1.82, 2.24) is 4.90 Å². The summed E-state index contributed by atoms with van der Waals surface area (Å²) < 4.78 is 15.9. The summed E-state index contributed by atoms with van der Waals surface area (Å²) in [4.78, 5) is 37.8. The molecule has 2 N–H and O–H groups in total. The Morgan fingerprint density at radius 1 is 1.10 bits per heavy atom. The van der Waals surface area contributed by atoms with Gasteiger partial charge in [0.25, 0.3) is 0 Å². The lowest BCUT2D eigenvalue weighted by molar-refractivity contribution is -0.167. The Bertz CT molecular complexity index is 792. The molecule has 30 heavy (non-hydrogen) atoms. The Kier molecular flexibility index (Phi) is 7.66. The van der Waals surface area contributed by atoms with Crippen molar-refractivity contribution in [3.8, 4) is 11.5 Å². The molecule has 0 saturated heterocycles. The number of nitrogens with zero attached hydrogens (tertiary/aromatic N) is 1. The van der Waals surface area contributed by atoms with Gasteiger partial charge in [0.2, 0.25) is 0 Å². The molecule has 1 heterocycles. The molecule has 1 aromatic carbocycles. The van der Waals surface area contributed by atoms with Crippen molar-refractivity contribution in [1.29, 1.82) is 0 Å². The minimum absolute atomic E-state index is 0.0324. The van der Waals surface area contributed by atoms with Gasteiger partial charge in [-0.2, -0.15) is 0 Å². The number of carbonyl (C=O) groups excluding carboxylic acids is 1. The lowest BCUT2D eigenvalue weighted by Gasteiger charge is -2.40. The molecule has 0 amide bonds. The van der Waals surface area contributed by atoms with Crippen LogP contribution in [0.3, 0.4) is 0 Å². The molecule has 1 aliphatic rings. The molecule has 0 radical (unpaired) electrons. The highest BCUT2D eigenvalue weighted by molar-refractivity contribution is 5.98. The van der Waals surface area contributed by atoms with Crippen LogP contribution in [0.1, 0.15) is 43.9 Å². The summed E-state index contributed by atoms with van der Waals surface area (Å²) in [6.07, 6.45) is 0.433. The van der Waals surface area contributed by atoms with Gasteiger partial charge in [-0.1, -0.05) is 6.92 Å². The predicted octanol–water partition coefficient (Wildman–Crippen LogP) is 2.12. The molecule has 2 rings (SSSR count). The van der Waals surface area contributed by atoms with E-state index in [1.54, 1.807) is 17.9 Å². The fourth-order valence-corrected chi connectivity index (χ4v) is 3.87. The fourth-order valence-electron chi connectivity index (χ4n) is 3.87. The van der Waals surface area contributed by atoms with Crippen LogP contribution in [0.4, 0.5) is 0 Å². The Morgan fingerprint density at radius 3 is 2.20 bits per heavy atom. The summed E-state index contributed by atoms with van der Waals surface area (Å²) in [5.74, 6) is -2.21. The van der Waals surface area contributed by atoms with Gasteiger partial charge >= 0.3 is 17.9 Å². The maximum absolute atomic E-state index is 12.3. The molecule has 166 valence electrons. The first-order chi connectivity index (χ1) is 14.2. The van der Waals surface area contributed by atoms with Gasteiger partial charge in [0.05, 0.1) is 27.2 Å². The van der Waals surface area contributed by atoms with E-state index >= 15 is 0 Å². The Hall–Kier alpha value is -2.81. The number of fused-ring (bicyclic) bond motifs is 1. The first-order valence-electron chi connectivity index (χ1n) is 9.85. The van der Waals surface area contributed by atoms with Crippen molar-refractivity contribution in [2.24, 2.45) is 5.41 Å². The molecular formula is C21H29NO8. The lowest BCUT2D eigenvalue weighted by Crippen LogP contribution is -2.51. The highest BCUT2D eigenvalue weighted by atomic mass is 16.5. The smallest absolute Gasteiger partial charge is 0.322 e. The second-order valence-corrected chi connectivity index (χ2v) is 7.20. The molecule has 1 atom stereocenters. The molecule has 0 aromatic heterocycles. The number of esters is 1. The third-order valence-electron chi connectivity index (χ3n) is 5.67. The summed E-state index contributed by atoms with van der Waals surface area (Å²) >= 11 is 0. The van der Waals surface area contributed by atoms with E-state index in [1.165, 1.54) is 21.1 Å². The number of hydrogen-bond acceptors (Lipinski definition) is 7. The average molecular weight is 423 g/mol. The largest absolute Gasteiger partial charge is 0.493 e. The minimum Gasteiger partial charge on any atom is -0.493 e. The molecule has 0 saturated carbocycles. The van der Waals surface area contributed by atoms with Gasteiger partial charge in [0, 0.05) is 19.1 Å². The van der Waals surface area contributed by atoms with Crippen LogP contribution in [0.2, 0.25) is 0 Å². The molecule has 1 unspecified atom stereocenters. The van der Waals surface area contributed by atoms with Crippen molar-refractivity contribution in [3.63, 3.8) is 0 Å². The van der Waals surface area contributed by atoms with Crippen LogP contribution in [0.15, 0.2) is 12.1 Å². The van der Waals surface area contributed by atoms with Gasteiger partial charge in [-0.15, -0.1) is 0 Å². The third kappa shape index (κ3) is 4.51. The van der Waals surface area contributed by atoms with Crippen molar-refractivity contribution in [3.05, 3.63) is 23.3 Å². The molecule has 0 aliphatic carbocycles. The van der Waals surface area contributed by atoms with Gasteiger partial charge in [0.1, 0.15) is 0 Å². The van der Waals surface area contributed by atoms with Crippen LogP contribution in [0.25, 0.3) is 0 Å². The van der Waals surface area contributed by atoms with Crippen LogP contribution < -0.4 is 9.47 Å². The van der Waals surface area contributed by atoms with Gasteiger partial charge in [0.15, 0.2) is 16.9 Å². The summed E-state index contributed by atoms with van der Waals surface area (Å²) in [6.45, 7) is 3.62. The van der Waals surface area contributed by atoms with E-state index < -0.39 is 29.4 Å². The van der Waals surface area contributed by atoms with E-state index in [0.717, 1.165) is 11.1 Å². The van der Waals surface area contributed by atoms with Gasteiger partial charge < -0.3 is 24.4 Å².